The minimum atomic E-state index is 0.561. The smallest absolute Gasteiger partial charge is 0.164 e. The molecular weight excluding hydrogens is 759 g/mol. The summed E-state index contributed by atoms with van der Waals surface area (Å²) in [6.45, 7) is 0. The topological polar surface area (TPSA) is 101 Å². The van der Waals surface area contributed by atoms with Crippen LogP contribution in [0.1, 0.15) is 5.56 Å². The second-order valence-corrected chi connectivity index (χ2v) is 14.7. The first-order valence-electron chi connectivity index (χ1n) is 20.3. The molecule has 2 heterocycles. The minimum Gasteiger partial charge on any atom is -0.208 e. The van der Waals surface area contributed by atoms with E-state index in [-0.39, 0.29) is 0 Å². The van der Waals surface area contributed by atoms with Gasteiger partial charge in [0.05, 0.1) is 11.6 Å². The van der Waals surface area contributed by atoms with Gasteiger partial charge in [0.25, 0.3) is 0 Å². The lowest BCUT2D eigenvalue weighted by Gasteiger charge is -2.14. The number of hydrogen-bond acceptors (Lipinski definition) is 7. The molecule has 2 aromatic heterocycles. The van der Waals surface area contributed by atoms with Crippen LogP contribution in [-0.4, -0.2) is 29.9 Å². The molecule has 7 heteroatoms. The molecule has 0 radical (unpaired) electrons. The fourth-order valence-electron chi connectivity index (χ4n) is 7.55. The first kappa shape index (κ1) is 37.5. The number of nitrogens with zero attached hydrogens (tertiary/aromatic N) is 7. The molecule has 0 saturated carbocycles. The van der Waals surface area contributed by atoms with Gasteiger partial charge in [-0.05, 0) is 52.1 Å². The van der Waals surface area contributed by atoms with Gasteiger partial charge in [0.2, 0.25) is 0 Å². The van der Waals surface area contributed by atoms with Crippen molar-refractivity contribution in [3.05, 3.63) is 218 Å². The molecule has 8 aromatic carbocycles. The normalized spacial score (nSPS) is 10.9. The van der Waals surface area contributed by atoms with Crippen molar-refractivity contribution in [3.8, 4) is 108 Å². The van der Waals surface area contributed by atoms with Crippen LogP contribution < -0.4 is 0 Å². The maximum Gasteiger partial charge on any atom is 0.164 e. The van der Waals surface area contributed by atoms with Crippen molar-refractivity contribution in [2.45, 2.75) is 0 Å². The van der Waals surface area contributed by atoms with Gasteiger partial charge in [-0.2, -0.15) is 5.26 Å². The molecule has 0 bridgehead atoms. The number of nitriles is 1. The summed E-state index contributed by atoms with van der Waals surface area (Å²) in [4.78, 5) is 29.7. The van der Waals surface area contributed by atoms with Gasteiger partial charge in [0, 0.05) is 38.9 Å². The van der Waals surface area contributed by atoms with Crippen molar-refractivity contribution < 1.29 is 0 Å². The summed E-state index contributed by atoms with van der Waals surface area (Å²) in [5.41, 5.74) is 11.5. The summed E-state index contributed by atoms with van der Waals surface area (Å²) in [6, 6.07) is 73.0. The Kier molecular flexibility index (Phi) is 10.2. The maximum absolute atomic E-state index is 10.4. The molecule has 0 aliphatic carbocycles. The Morgan fingerprint density at radius 2 is 0.581 bits per heavy atom. The highest BCUT2D eigenvalue weighted by molar-refractivity contribution is 5.86. The molecular formula is C55H35N7. The molecule has 0 aliphatic heterocycles. The van der Waals surface area contributed by atoms with Crippen molar-refractivity contribution in [2.24, 2.45) is 0 Å². The first-order valence-corrected chi connectivity index (χ1v) is 20.3. The van der Waals surface area contributed by atoms with Crippen LogP contribution >= 0.6 is 0 Å². The highest BCUT2D eigenvalue weighted by Gasteiger charge is 2.18. The second-order valence-electron chi connectivity index (χ2n) is 14.7. The van der Waals surface area contributed by atoms with Crippen LogP contribution in [0.2, 0.25) is 0 Å². The first-order chi connectivity index (χ1) is 30.7. The SMILES string of the molecule is N#Cc1ccc(-c2ccccc2-c2nc(-c3ccccc3)nc(-c3ccccc3)n2)cc1-c1cccc(-c2cccc(-c3nc(-c4ccccc4)nc(-c4ccccc4)n3)c2)c1. The monoisotopic (exact) mass is 793 g/mol. The lowest BCUT2D eigenvalue weighted by atomic mass is 9.91. The Morgan fingerprint density at radius 1 is 0.242 bits per heavy atom. The van der Waals surface area contributed by atoms with Gasteiger partial charge < -0.3 is 0 Å². The van der Waals surface area contributed by atoms with E-state index in [1.54, 1.807) is 0 Å². The molecule has 0 aliphatic rings. The molecule has 0 atom stereocenters. The Morgan fingerprint density at radius 3 is 1.05 bits per heavy atom. The van der Waals surface area contributed by atoms with E-state index in [9.17, 15) is 5.26 Å². The van der Waals surface area contributed by atoms with Gasteiger partial charge in [-0.25, -0.2) is 29.9 Å². The third-order valence-electron chi connectivity index (χ3n) is 10.6. The van der Waals surface area contributed by atoms with E-state index in [0.717, 1.165) is 66.8 Å². The summed E-state index contributed by atoms with van der Waals surface area (Å²) in [5.74, 6) is 3.54. The Balaban J connectivity index is 1.04. The lowest BCUT2D eigenvalue weighted by molar-refractivity contribution is 1.07. The standard InChI is InChI=1S/C55H35N7/c56-36-46-32-31-44(47-29-13-14-30-48(47)55-61-52(39-21-9-3-10-22-39)58-53(62-55)40-23-11-4-12-24-40)35-49(46)43-27-15-25-41(33-43)42-26-16-28-45(34-42)54-59-50(37-17-5-1-6-18-37)57-51(60-54)38-19-7-2-8-20-38/h1-35H. The average Bonchev–Trinajstić information content (AvgIpc) is 3.37. The van der Waals surface area contributed by atoms with Crippen LogP contribution in [0.3, 0.4) is 0 Å². The zero-order valence-corrected chi connectivity index (χ0v) is 33.3. The molecule has 10 rings (SSSR count). The molecule has 62 heavy (non-hydrogen) atoms. The summed E-state index contributed by atoms with van der Waals surface area (Å²) in [5, 5.41) is 10.4. The third kappa shape index (κ3) is 7.75. The van der Waals surface area contributed by atoms with Crippen LogP contribution in [0, 0.1) is 11.3 Å². The van der Waals surface area contributed by atoms with E-state index in [0.29, 0.717) is 40.5 Å². The van der Waals surface area contributed by atoms with Gasteiger partial charge in [-0.1, -0.05) is 188 Å². The Hall–Kier alpha value is -8.73. The fourth-order valence-corrected chi connectivity index (χ4v) is 7.55. The van der Waals surface area contributed by atoms with Crippen LogP contribution in [-0.2, 0) is 0 Å². The van der Waals surface area contributed by atoms with E-state index in [1.165, 1.54) is 0 Å². The van der Waals surface area contributed by atoms with Crippen LogP contribution in [0.25, 0.3) is 102 Å². The molecule has 0 saturated heterocycles. The molecule has 0 N–H and O–H groups in total. The highest BCUT2D eigenvalue weighted by Crippen LogP contribution is 2.37. The highest BCUT2D eigenvalue weighted by atomic mass is 15.0. The van der Waals surface area contributed by atoms with Crippen molar-refractivity contribution in [1.29, 1.82) is 5.26 Å². The van der Waals surface area contributed by atoms with E-state index in [1.807, 2.05) is 176 Å². The third-order valence-corrected chi connectivity index (χ3v) is 10.6. The number of hydrogen-bond donors (Lipinski definition) is 0. The maximum atomic E-state index is 10.4. The van der Waals surface area contributed by atoms with E-state index in [2.05, 4.69) is 42.5 Å². The molecule has 0 spiro atoms. The zero-order chi connectivity index (χ0) is 41.7. The van der Waals surface area contributed by atoms with Gasteiger partial charge in [-0.15, -0.1) is 0 Å². The summed E-state index contributed by atoms with van der Waals surface area (Å²) >= 11 is 0. The number of benzene rings is 8. The zero-order valence-electron chi connectivity index (χ0n) is 33.3. The molecule has 10 aromatic rings. The molecule has 7 nitrogen and oxygen atoms in total. The molecule has 0 amide bonds. The Labute approximate surface area is 359 Å². The predicted molar refractivity (Wildman–Crippen MR) is 247 cm³/mol. The predicted octanol–water partition coefficient (Wildman–Crippen LogP) is 12.9. The quantitative estimate of drug-likeness (QED) is 0.143. The van der Waals surface area contributed by atoms with Crippen molar-refractivity contribution in [1.82, 2.24) is 29.9 Å². The number of rotatable bonds is 9. The van der Waals surface area contributed by atoms with Crippen LogP contribution in [0.15, 0.2) is 212 Å². The minimum absolute atomic E-state index is 0.561. The van der Waals surface area contributed by atoms with Gasteiger partial charge in [0.1, 0.15) is 0 Å². The van der Waals surface area contributed by atoms with Gasteiger partial charge in [-0.3, -0.25) is 0 Å². The molecule has 0 fully saturated rings. The van der Waals surface area contributed by atoms with Crippen molar-refractivity contribution in [3.63, 3.8) is 0 Å². The molecule has 0 unspecified atom stereocenters. The van der Waals surface area contributed by atoms with Gasteiger partial charge in [0.15, 0.2) is 34.9 Å². The number of aromatic nitrogens is 6. The van der Waals surface area contributed by atoms with E-state index in [4.69, 9.17) is 29.9 Å². The summed E-state index contributed by atoms with van der Waals surface area (Å²) in [7, 11) is 0. The summed E-state index contributed by atoms with van der Waals surface area (Å²) in [6.07, 6.45) is 0. The molecule has 290 valence electrons. The summed E-state index contributed by atoms with van der Waals surface area (Å²) < 4.78 is 0. The van der Waals surface area contributed by atoms with Crippen molar-refractivity contribution >= 4 is 0 Å². The van der Waals surface area contributed by atoms with Crippen LogP contribution in [0.5, 0.6) is 0 Å². The van der Waals surface area contributed by atoms with Crippen LogP contribution in [0.4, 0.5) is 0 Å². The largest absolute Gasteiger partial charge is 0.208 e. The van der Waals surface area contributed by atoms with Gasteiger partial charge >= 0.3 is 0 Å². The lowest BCUT2D eigenvalue weighted by Crippen LogP contribution is -2.01. The average molecular weight is 794 g/mol. The second kappa shape index (κ2) is 16.9. The van der Waals surface area contributed by atoms with E-state index < -0.39 is 0 Å². The van der Waals surface area contributed by atoms with Crippen molar-refractivity contribution in [2.75, 3.05) is 0 Å². The fraction of sp³-hybridized carbons (Fsp3) is 0. The van der Waals surface area contributed by atoms with E-state index >= 15 is 0 Å². The Bertz CT molecular complexity index is 3120.